The van der Waals surface area contributed by atoms with Gasteiger partial charge in [-0.15, -0.1) is 11.3 Å². The van der Waals surface area contributed by atoms with Gasteiger partial charge in [0.25, 0.3) is 0 Å². The fourth-order valence-corrected chi connectivity index (χ4v) is 1.55. The minimum atomic E-state index is -0.0538. The van der Waals surface area contributed by atoms with Gasteiger partial charge in [-0.2, -0.15) is 0 Å². The van der Waals surface area contributed by atoms with Crippen LogP contribution in [0.3, 0.4) is 0 Å². The molecule has 1 amide bonds. The van der Waals surface area contributed by atoms with E-state index < -0.39 is 0 Å². The van der Waals surface area contributed by atoms with Gasteiger partial charge in [-0.25, -0.2) is 4.98 Å². The number of amides is 1. The van der Waals surface area contributed by atoms with Gasteiger partial charge in [0.15, 0.2) is 5.13 Å². The van der Waals surface area contributed by atoms with Gasteiger partial charge in [-0.3, -0.25) is 4.79 Å². The van der Waals surface area contributed by atoms with E-state index in [1.807, 2.05) is 19.2 Å². The maximum Gasteiger partial charge on any atom is 0.230 e. The molecule has 1 aromatic heterocycles. The molecular formula is C9H12N2OS. The van der Waals surface area contributed by atoms with Crippen LogP contribution in [0.2, 0.25) is 0 Å². The summed E-state index contributed by atoms with van der Waals surface area (Å²) in [6.45, 7) is 7.38. The normalized spacial score (nSPS) is 9.69. The minimum absolute atomic E-state index is 0.0538. The average Bonchev–Trinajstić information content (AvgIpc) is 2.33. The Hall–Kier alpha value is -1.16. The molecule has 0 spiro atoms. The molecule has 4 heteroatoms. The van der Waals surface area contributed by atoms with Gasteiger partial charge in [-0.1, -0.05) is 12.2 Å². The Morgan fingerprint density at radius 1 is 1.77 bits per heavy atom. The first-order chi connectivity index (χ1) is 6.08. The highest BCUT2D eigenvalue weighted by molar-refractivity contribution is 7.13. The predicted molar refractivity (Wildman–Crippen MR) is 54.9 cm³/mol. The summed E-state index contributed by atoms with van der Waals surface area (Å²) in [5, 5.41) is 5.26. The molecule has 0 saturated heterocycles. The van der Waals surface area contributed by atoms with Gasteiger partial charge < -0.3 is 5.32 Å². The van der Waals surface area contributed by atoms with E-state index in [2.05, 4.69) is 16.9 Å². The zero-order chi connectivity index (χ0) is 9.84. The summed E-state index contributed by atoms with van der Waals surface area (Å²) in [5.41, 5.74) is 1.78. The highest BCUT2D eigenvalue weighted by atomic mass is 32.1. The molecule has 0 aliphatic rings. The average molecular weight is 196 g/mol. The summed E-state index contributed by atoms with van der Waals surface area (Å²) in [4.78, 5) is 15.3. The van der Waals surface area contributed by atoms with Crippen LogP contribution in [0, 0.1) is 6.92 Å². The Morgan fingerprint density at radius 2 is 2.46 bits per heavy atom. The van der Waals surface area contributed by atoms with Crippen molar-refractivity contribution in [3.63, 3.8) is 0 Å². The van der Waals surface area contributed by atoms with Crippen LogP contribution < -0.4 is 5.32 Å². The molecule has 0 unspecified atom stereocenters. The second kappa shape index (κ2) is 4.18. The monoisotopic (exact) mass is 196 g/mol. The Bertz CT molecular complexity index is 330. The van der Waals surface area contributed by atoms with Crippen LogP contribution in [-0.2, 0) is 4.79 Å². The van der Waals surface area contributed by atoms with Crippen molar-refractivity contribution in [1.29, 1.82) is 0 Å². The van der Waals surface area contributed by atoms with Crippen molar-refractivity contribution in [2.75, 3.05) is 5.32 Å². The lowest BCUT2D eigenvalue weighted by Gasteiger charge is -1.99. The van der Waals surface area contributed by atoms with Crippen molar-refractivity contribution in [3.05, 3.63) is 23.2 Å². The lowest BCUT2D eigenvalue weighted by Crippen LogP contribution is -2.10. The standard InChI is InChI=1S/C9H12N2OS/c1-6(2)4-8(12)11-9-10-7(3)5-13-9/h5H,1,4H2,2-3H3,(H,10,11,12). The number of nitrogens with one attached hydrogen (secondary N) is 1. The van der Waals surface area contributed by atoms with E-state index in [0.717, 1.165) is 11.3 Å². The first-order valence-electron chi connectivity index (χ1n) is 3.94. The number of aromatic nitrogens is 1. The van der Waals surface area contributed by atoms with Crippen molar-refractivity contribution < 1.29 is 4.79 Å². The zero-order valence-corrected chi connectivity index (χ0v) is 8.57. The smallest absolute Gasteiger partial charge is 0.230 e. The van der Waals surface area contributed by atoms with Crippen molar-refractivity contribution in [3.8, 4) is 0 Å². The van der Waals surface area contributed by atoms with Crippen molar-refractivity contribution >= 4 is 22.4 Å². The zero-order valence-electron chi connectivity index (χ0n) is 7.76. The summed E-state index contributed by atoms with van der Waals surface area (Å²) in [6, 6.07) is 0. The number of nitrogens with zero attached hydrogens (tertiary/aromatic N) is 1. The predicted octanol–water partition coefficient (Wildman–Crippen LogP) is 2.36. The molecule has 0 aliphatic heterocycles. The molecule has 0 atom stereocenters. The number of aryl methyl sites for hydroxylation is 1. The highest BCUT2D eigenvalue weighted by Crippen LogP contribution is 2.14. The number of hydrogen-bond acceptors (Lipinski definition) is 3. The Kier molecular flexibility index (Phi) is 3.19. The summed E-state index contributed by atoms with van der Waals surface area (Å²) in [5.74, 6) is -0.0538. The van der Waals surface area contributed by atoms with Crippen LogP contribution >= 0.6 is 11.3 Å². The molecule has 0 aromatic carbocycles. The van der Waals surface area contributed by atoms with Gasteiger partial charge in [0.2, 0.25) is 5.91 Å². The molecule has 1 N–H and O–H groups in total. The second-order valence-electron chi connectivity index (χ2n) is 2.98. The number of hydrogen-bond donors (Lipinski definition) is 1. The van der Waals surface area contributed by atoms with Gasteiger partial charge in [-0.05, 0) is 13.8 Å². The lowest BCUT2D eigenvalue weighted by atomic mass is 10.2. The molecule has 70 valence electrons. The number of carbonyl (C=O) groups is 1. The summed E-state index contributed by atoms with van der Waals surface area (Å²) in [6.07, 6.45) is 0.360. The Morgan fingerprint density at radius 3 is 2.92 bits per heavy atom. The first kappa shape index (κ1) is 9.92. The van der Waals surface area contributed by atoms with E-state index in [0.29, 0.717) is 11.6 Å². The number of thiazole rings is 1. The van der Waals surface area contributed by atoms with Crippen molar-refractivity contribution in [1.82, 2.24) is 4.98 Å². The minimum Gasteiger partial charge on any atom is -0.302 e. The fourth-order valence-electron chi connectivity index (χ4n) is 0.849. The van der Waals surface area contributed by atoms with Gasteiger partial charge in [0.1, 0.15) is 0 Å². The third kappa shape index (κ3) is 3.38. The molecule has 0 fully saturated rings. The maximum atomic E-state index is 11.2. The molecule has 1 rings (SSSR count). The van der Waals surface area contributed by atoms with Gasteiger partial charge in [0, 0.05) is 11.8 Å². The summed E-state index contributed by atoms with van der Waals surface area (Å²) in [7, 11) is 0. The van der Waals surface area contributed by atoms with E-state index in [-0.39, 0.29) is 5.91 Å². The summed E-state index contributed by atoms with van der Waals surface area (Å²) < 4.78 is 0. The van der Waals surface area contributed by atoms with Gasteiger partial charge in [0.05, 0.1) is 5.69 Å². The number of carbonyl (C=O) groups excluding carboxylic acids is 1. The molecule has 13 heavy (non-hydrogen) atoms. The number of rotatable bonds is 3. The molecule has 0 aliphatic carbocycles. The second-order valence-corrected chi connectivity index (χ2v) is 3.83. The topological polar surface area (TPSA) is 42.0 Å². The highest BCUT2D eigenvalue weighted by Gasteiger charge is 2.04. The lowest BCUT2D eigenvalue weighted by molar-refractivity contribution is -0.115. The molecule has 3 nitrogen and oxygen atoms in total. The van der Waals surface area contributed by atoms with Crippen LogP contribution in [0.25, 0.3) is 0 Å². The van der Waals surface area contributed by atoms with E-state index in [1.165, 1.54) is 11.3 Å². The largest absolute Gasteiger partial charge is 0.302 e. The van der Waals surface area contributed by atoms with Gasteiger partial charge >= 0.3 is 0 Å². The molecule has 1 heterocycles. The number of anilines is 1. The SMILES string of the molecule is C=C(C)CC(=O)Nc1nc(C)cs1. The van der Waals surface area contributed by atoms with Crippen molar-refractivity contribution in [2.45, 2.75) is 20.3 Å². The third-order valence-corrected chi connectivity index (χ3v) is 2.20. The van der Waals surface area contributed by atoms with Crippen LogP contribution in [-0.4, -0.2) is 10.9 Å². The van der Waals surface area contributed by atoms with Crippen molar-refractivity contribution in [2.24, 2.45) is 0 Å². The maximum absolute atomic E-state index is 11.2. The van der Waals surface area contributed by atoms with Crippen LogP contribution in [0.1, 0.15) is 19.0 Å². The van der Waals surface area contributed by atoms with E-state index in [4.69, 9.17) is 0 Å². The van der Waals surface area contributed by atoms with E-state index in [9.17, 15) is 4.79 Å². The Balaban J connectivity index is 2.50. The van der Waals surface area contributed by atoms with E-state index in [1.54, 1.807) is 0 Å². The van der Waals surface area contributed by atoms with Crippen LogP contribution in [0.15, 0.2) is 17.5 Å². The molecule has 0 bridgehead atoms. The molecular weight excluding hydrogens is 184 g/mol. The third-order valence-electron chi connectivity index (χ3n) is 1.33. The fraction of sp³-hybridized carbons (Fsp3) is 0.333. The first-order valence-corrected chi connectivity index (χ1v) is 4.82. The Labute approximate surface area is 81.5 Å². The summed E-state index contributed by atoms with van der Waals surface area (Å²) >= 11 is 1.43. The van der Waals surface area contributed by atoms with Crippen LogP contribution in [0.5, 0.6) is 0 Å². The molecule has 0 saturated carbocycles. The molecule has 1 aromatic rings. The quantitative estimate of drug-likeness (QED) is 0.754. The van der Waals surface area contributed by atoms with Crippen LogP contribution in [0.4, 0.5) is 5.13 Å². The van der Waals surface area contributed by atoms with E-state index >= 15 is 0 Å². The molecule has 0 radical (unpaired) electrons.